The van der Waals surface area contributed by atoms with Gasteiger partial charge in [-0.05, 0) is 25.0 Å². The molecule has 4 aromatic rings. The van der Waals surface area contributed by atoms with E-state index >= 15 is 0 Å². The number of benzene rings is 2. The van der Waals surface area contributed by atoms with Crippen molar-refractivity contribution in [3.05, 3.63) is 48.7 Å². The molecule has 0 spiro atoms. The van der Waals surface area contributed by atoms with E-state index in [-0.39, 0.29) is 11.2 Å². The first-order valence-corrected chi connectivity index (χ1v) is 11.6. The number of aromatic nitrogens is 4. The molecule has 3 N–H and O–H groups in total. The first-order chi connectivity index (χ1) is 17.9. The van der Waals surface area contributed by atoms with Crippen LogP contribution in [-0.4, -0.2) is 59.3 Å². The monoisotopic (exact) mass is 507 g/mol. The van der Waals surface area contributed by atoms with E-state index in [1.165, 1.54) is 27.4 Å². The summed E-state index contributed by atoms with van der Waals surface area (Å²) in [4.78, 5) is 27.2. The van der Waals surface area contributed by atoms with Crippen molar-refractivity contribution in [2.75, 3.05) is 38.1 Å². The molecular formula is C25H26FN7O4. The van der Waals surface area contributed by atoms with Gasteiger partial charge in [0.15, 0.2) is 11.5 Å². The number of hydrogen-bond donors (Lipinski definition) is 2. The first-order valence-electron chi connectivity index (χ1n) is 11.6. The van der Waals surface area contributed by atoms with Gasteiger partial charge in [0.25, 0.3) is 0 Å². The number of ether oxygens (including phenoxy) is 3. The summed E-state index contributed by atoms with van der Waals surface area (Å²) in [5.41, 5.74) is 6.69. The molecule has 192 valence electrons. The molecule has 1 aliphatic heterocycles. The second kappa shape index (κ2) is 9.80. The number of carbonyl (C=O) groups is 1. The van der Waals surface area contributed by atoms with Crippen LogP contribution in [0.1, 0.15) is 12.8 Å². The van der Waals surface area contributed by atoms with Crippen LogP contribution in [-0.2, 0) is 4.79 Å². The number of carbonyl (C=O) groups excluding carboxylic acids is 1. The number of rotatable bonds is 8. The van der Waals surface area contributed by atoms with Crippen molar-refractivity contribution in [1.29, 1.82) is 0 Å². The van der Waals surface area contributed by atoms with Gasteiger partial charge in [-0.1, -0.05) is 6.07 Å². The van der Waals surface area contributed by atoms with Gasteiger partial charge >= 0.3 is 0 Å². The lowest BCUT2D eigenvalue weighted by molar-refractivity contribution is -0.119. The van der Waals surface area contributed by atoms with Gasteiger partial charge in [0, 0.05) is 18.7 Å². The van der Waals surface area contributed by atoms with Crippen molar-refractivity contribution >= 4 is 34.4 Å². The third kappa shape index (κ3) is 4.41. The maximum atomic E-state index is 14.9. The van der Waals surface area contributed by atoms with Crippen molar-refractivity contribution < 1.29 is 23.4 Å². The maximum absolute atomic E-state index is 14.9. The summed E-state index contributed by atoms with van der Waals surface area (Å²) in [5, 5.41) is 3.32. The molecule has 2 aromatic carbocycles. The number of halogens is 1. The Kier molecular flexibility index (Phi) is 6.38. The lowest BCUT2D eigenvalue weighted by Gasteiger charge is -2.23. The molecule has 0 radical (unpaired) electrons. The van der Waals surface area contributed by atoms with Crippen LogP contribution >= 0.6 is 0 Å². The highest BCUT2D eigenvalue weighted by Gasteiger charge is 2.31. The molecule has 5 rings (SSSR count). The van der Waals surface area contributed by atoms with Crippen molar-refractivity contribution in [3.63, 3.8) is 0 Å². The molecule has 1 amide bonds. The predicted octanol–water partition coefficient (Wildman–Crippen LogP) is 3.18. The number of primary amides is 1. The zero-order valence-corrected chi connectivity index (χ0v) is 20.6. The Bertz CT molecular complexity index is 1450. The van der Waals surface area contributed by atoms with Gasteiger partial charge in [-0.3, -0.25) is 4.79 Å². The van der Waals surface area contributed by atoms with Crippen LogP contribution in [0.4, 0.5) is 22.0 Å². The van der Waals surface area contributed by atoms with Crippen LogP contribution < -0.4 is 30.2 Å². The van der Waals surface area contributed by atoms with E-state index in [1.807, 2.05) is 0 Å². The Morgan fingerprint density at radius 1 is 1.14 bits per heavy atom. The average molecular weight is 508 g/mol. The normalized spacial score (nSPS) is 15.1. The van der Waals surface area contributed by atoms with Crippen molar-refractivity contribution in [2.24, 2.45) is 5.73 Å². The number of methoxy groups -OCH3 is 3. The summed E-state index contributed by atoms with van der Waals surface area (Å²) in [6.07, 6.45) is 4.70. The van der Waals surface area contributed by atoms with Crippen LogP contribution in [0.3, 0.4) is 0 Å². The van der Waals surface area contributed by atoms with E-state index in [1.54, 1.807) is 46.3 Å². The highest BCUT2D eigenvalue weighted by Crippen LogP contribution is 2.39. The second-order valence-corrected chi connectivity index (χ2v) is 8.43. The molecule has 12 heteroatoms. The Morgan fingerprint density at radius 3 is 2.57 bits per heavy atom. The van der Waals surface area contributed by atoms with Gasteiger partial charge in [-0.25, -0.2) is 14.4 Å². The summed E-state index contributed by atoms with van der Waals surface area (Å²) in [7, 11) is 4.61. The second-order valence-electron chi connectivity index (χ2n) is 8.43. The largest absolute Gasteiger partial charge is 0.493 e. The molecule has 1 aliphatic rings. The molecule has 0 aliphatic carbocycles. The molecule has 37 heavy (non-hydrogen) atoms. The van der Waals surface area contributed by atoms with Gasteiger partial charge < -0.3 is 34.7 Å². The van der Waals surface area contributed by atoms with E-state index < -0.39 is 17.8 Å². The van der Waals surface area contributed by atoms with E-state index in [9.17, 15) is 9.18 Å². The number of hydrogen-bond acceptors (Lipinski definition) is 9. The Morgan fingerprint density at radius 2 is 1.89 bits per heavy atom. The minimum Gasteiger partial charge on any atom is -0.493 e. The molecule has 0 bridgehead atoms. The minimum atomic E-state index is -0.516. The lowest BCUT2D eigenvalue weighted by atomic mass is 10.2. The van der Waals surface area contributed by atoms with E-state index in [2.05, 4.69) is 20.3 Å². The standard InChI is InChI=1S/C25H26FN7O4/c1-35-18-10-14(11-19(36-2)22(18)37-3)32-12-20(28-13-32)30-24-21-15(26)6-4-7-16(21)29-25(31-24)33-9-5-8-17(33)23(27)34/h4,6-7,10-13,17H,5,8-9H2,1-3H3,(H2,27,34)(H,29,30,31)/t17-/m0/s1. The van der Waals surface area contributed by atoms with Crippen LogP contribution in [0.2, 0.25) is 0 Å². The topological polar surface area (TPSA) is 130 Å². The minimum absolute atomic E-state index is 0.211. The number of fused-ring (bicyclic) bond motifs is 1. The smallest absolute Gasteiger partial charge is 0.240 e. The molecule has 11 nitrogen and oxygen atoms in total. The number of imidazole rings is 1. The van der Waals surface area contributed by atoms with Crippen LogP contribution in [0.15, 0.2) is 42.9 Å². The van der Waals surface area contributed by atoms with E-state index in [4.69, 9.17) is 19.9 Å². The zero-order chi connectivity index (χ0) is 26.1. The average Bonchev–Trinajstić information content (AvgIpc) is 3.58. The highest BCUT2D eigenvalue weighted by molar-refractivity contribution is 5.92. The number of nitrogens with two attached hydrogens (primary N) is 1. The molecular weight excluding hydrogens is 481 g/mol. The Balaban J connectivity index is 1.54. The third-order valence-corrected chi connectivity index (χ3v) is 6.28. The predicted molar refractivity (Wildman–Crippen MR) is 136 cm³/mol. The molecule has 1 atom stereocenters. The first kappa shape index (κ1) is 24.1. The van der Waals surface area contributed by atoms with Crippen LogP contribution in [0.25, 0.3) is 16.6 Å². The summed E-state index contributed by atoms with van der Waals surface area (Å²) < 4.78 is 32.9. The van der Waals surface area contributed by atoms with Crippen LogP contribution in [0, 0.1) is 5.82 Å². The zero-order valence-electron chi connectivity index (χ0n) is 20.6. The summed E-state index contributed by atoms with van der Waals surface area (Å²) >= 11 is 0. The maximum Gasteiger partial charge on any atom is 0.240 e. The molecule has 2 aromatic heterocycles. The quantitative estimate of drug-likeness (QED) is 0.369. The molecule has 1 fully saturated rings. The van der Waals surface area contributed by atoms with E-state index in [0.29, 0.717) is 53.2 Å². The van der Waals surface area contributed by atoms with Crippen molar-refractivity contribution in [3.8, 4) is 22.9 Å². The summed E-state index contributed by atoms with van der Waals surface area (Å²) in [6, 6.07) is 7.65. The molecule has 0 saturated carbocycles. The highest BCUT2D eigenvalue weighted by atomic mass is 19.1. The fraction of sp³-hybridized carbons (Fsp3) is 0.280. The number of amides is 1. The van der Waals surface area contributed by atoms with Gasteiger partial charge in [0.2, 0.25) is 17.6 Å². The van der Waals surface area contributed by atoms with Gasteiger partial charge in [0.05, 0.1) is 44.1 Å². The molecule has 0 unspecified atom stereocenters. The molecule has 3 heterocycles. The van der Waals surface area contributed by atoms with Crippen LogP contribution in [0.5, 0.6) is 17.2 Å². The van der Waals surface area contributed by atoms with E-state index in [0.717, 1.165) is 6.42 Å². The Labute approximate surface area is 212 Å². The molecule has 1 saturated heterocycles. The number of anilines is 3. The van der Waals surface area contributed by atoms with Gasteiger partial charge in [0.1, 0.15) is 29.8 Å². The summed E-state index contributed by atoms with van der Waals surface area (Å²) in [5.74, 6) is 1.46. The lowest BCUT2D eigenvalue weighted by Crippen LogP contribution is -2.41. The Hall–Kier alpha value is -4.61. The van der Waals surface area contributed by atoms with Crippen molar-refractivity contribution in [1.82, 2.24) is 19.5 Å². The summed E-state index contributed by atoms with van der Waals surface area (Å²) in [6.45, 7) is 0.573. The SMILES string of the molecule is COc1cc(-n2cnc(Nc3nc(N4CCC[C@H]4C(N)=O)nc4cccc(F)c34)c2)cc(OC)c1OC. The van der Waals surface area contributed by atoms with Gasteiger partial charge in [-0.15, -0.1) is 0 Å². The third-order valence-electron chi connectivity index (χ3n) is 6.28. The fourth-order valence-corrected chi connectivity index (χ4v) is 4.52. The van der Waals surface area contributed by atoms with Gasteiger partial charge in [-0.2, -0.15) is 4.98 Å². The van der Waals surface area contributed by atoms with Crippen molar-refractivity contribution in [2.45, 2.75) is 18.9 Å². The number of nitrogens with one attached hydrogen (secondary N) is 1. The fourth-order valence-electron chi connectivity index (χ4n) is 4.52. The number of nitrogens with zero attached hydrogens (tertiary/aromatic N) is 5.